The van der Waals surface area contributed by atoms with E-state index in [0.717, 1.165) is 23.7 Å². The molecule has 1 atom stereocenters. The molecule has 0 aromatic heterocycles. The van der Waals surface area contributed by atoms with Gasteiger partial charge < -0.3 is 5.32 Å². The van der Waals surface area contributed by atoms with Gasteiger partial charge in [-0.25, -0.2) is 0 Å². The minimum absolute atomic E-state index is 0.289. The highest BCUT2D eigenvalue weighted by Gasteiger charge is 2.35. The van der Waals surface area contributed by atoms with Gasteiger partial charge in [0.2, 0.25) is 0 Å². The van der Waals surface area contributed by atoms with E-state index in [1.165, 1.54) is 6.07 Å². The van der Waals surface area contributed by atoms with Crippen molar-refractivity contribution >= 4 is 5.69 Å². The van der Waals surface area contributed by atoms with Crippen molar-refractivity contribution in [2.75, 3.05) is 5.32 Å². The summed E-state index contributed by atoms with van der Waals surface area (Å²) in [5.41, 5.74) is 1.88. The first-order valence-corrected chi connectivity index (χ1v) is 6.56. The third kappa shape index (κ3) is 2.38. The summed E-state index contributed by atoms with van der Waals surface area (Å²) in [5.74, 6) is 0. The number of fused-ring (bicyclic) bond motifs is 1. The van der Waals surface area contributed by atoms with Gasteiger partial charge in [-0.2, -0.15) is 13.2 Å². The van der Waals surface area contributed by atoms with Gasteiger partial charge in [-0.3, -0.25) is 0 Å². The molecule has 0 spiro atoms. The molecular weight excluding hydrogens is 263 g/mol. The first-order valence-electron chi connectivity index (χ1n) is 6.56. The van der Waals surface area contributed by atoms with Gasteiger partial charge in [0, 0.05) is 5.69 Å². The van der Waals surface area contributed by atoms with E-state index in [0.29, 0.717) is 12.0 Å². The van der Waals surface area contributed by atoms with Gasteiger partial charge in [0.05, 0.1) is 11.6 Å². The fourth-order valence-electron chi connectivity index (χ4n) is 2.73. The van der Waals surface area contributed by atoms with Crippen LogP contribution in [0.1, 0.15) is 29.2 Å². The summed E-state index contributed by atoms with van der Waals surface area (Å²) < 4.78 is 39.2. The first kappa shape index (κ1) is 13.0. The Balaban J connectivity index is 1.96. The predicted octanol–water partition coefficient (Wildman–Crippen LogP) is 4.80. The molecule has 1 N–H and O–H groups in total. The summed E-state index contributed by atoms with van der Waals surface area (Å²) in [6.07, 6.45) is -2.85. The predicted molar refractivity (Wildman–Crippen MR) is 72.6 cm³/mol. The van der Waals surface area contributed by atoms with E-state index in [9.17, 15) is 13.2 Å². The Kier molecular flexibility index (Phi) is 3.16. The van der Waals surface area contributed by atoms with Crippen molar-refractivity contribution in [3.8, 4) is 0 Å². The quantitative estimate of drug-likeness (QED) is 0.789. The SMILES string of the molecule is FC(F)(F)c1ccccc1[C@H]1CCc2ccccc2N1. The number of anilines is 1. The van der Waals surface area contributed by atoms with Crippen LogP contribution in [-0.4, -0.2) is 0 Å². The van der Waals surface area contributed by atoms with Crippen LogP contribution in [0.15, 0.2) is 48.5 Å². The zero-order valence-electron chi connectivity index (χ0n) is 10.7. The molecule has 0 bridgehead atoms. The minimum atomic E-state index is -4.31. The minimum Gasteiger partial charge on any atom is -0.378 e. The third-order valence-electron chi connectivity index (χ3n) is 3.69. The maximum atomic E-state index is 13.1. The zero-order valence-corrected chi connectivity index (χ0v) is 10.7. The van der Waals surface area contributed by atoms with Crippen molar-refractivity contribution in [2.24, 2.45) is 0 Å². The monoisotopic (exact) mass is 277 g/mol. The smallest absolute Gasteiger partial charge is 0.378 e. The number of para-hydroxylation sites is 1. The highest BCUT2D eigenvalue weighted by atomic mass is 19.4. The van der Waals surface area contributed by atoms with E-state index >= 15 is 0 Å². The molecule has 20 heavy (non-hydrogen) atoms. The lowest BCUT2D eigenvalue weighted by molar-refractivity contribution is -0.138. The van der Waals surface area contributed by atoms with Crippen molar-refractivity contribution in [1.29, 1.82) is 0 Å². The van der Waals surface area contributed by atoms with Crippen LogP contribution in [0.2, 0.25) is 0 Å². The second-order valence-electron chi connectivity index (χ2n) is 4.98. The zero-order chi connectivity index (χ0) is 14.2. The molecule has 0 aliphatic carbocycles. The van der Waals surface area contributed by atoms with Gasteiger partial charge >= 0.3 is 6.18 Å². The van der Waals surface area contributed by atoms with Crippen LogP contribution in [0, 0.1) is 0 Å². The Morgan fingerprint density at radius 3 is 2.45 bits per heavy atom. The molecule has 0 saturated carbocycles. The van der Waals surface area contributed by atoms with Crippen LogP contribution >= 0.6 is 0 Å². The van der Waals surface area contributed by atoms with Gasteiger partial charge in [0.25, 0.3) is 0 Å². The van der Waals surface area contributed by atoms with Gasteiger partial charge in [0.1, 0.15) is 0 Å². The van der Waals surface area contributed by atoms with Crippen molar-refractivity contribution in [2.45, 2.75) is 25.1 Å². The number of nitrogens with one attached hydrogen (secondary N) is 1. The van der Waals surface area contributed by atoms with E-state index in [-0.39, 0.29) is 6.04 Å². The third-order valence-corrected chi connectivity index (χ3v) is 3.69. The van der Waals surface area contributed by atoms with E-state index in [1.807, 2.05) is 24.3 Å². The summed E-state index contributed by atoms with van der Waals surface area (Å²) in [6.45, 7) is 0. The topological polar surface area (TPSA) is 12.0 Å². The van der Waals surface area contributed by atoms with Gasteiger partial charge in [-0.1, -0.05) is 36.4 Å². The number of aryl methyl sites for hydroxylation is 1. The lowest BCUT2D eigenvalue weighted by Crippen LogP contribution is -2.21. The number of alkyl halides is 3. The van der Waals surface area contributed by atoms with Crippen molar-refractivity contribution in [1.82, 2.24) is 0 Å². The molecule has 0 fully saturated rings. The number of hydrogen-bond acceptors (Lipinski definition) is 1. The molecule has 2 aromatic carbocycles. The summed E-state index contributed by atoms with van der Waals surface area (Å²) in [7, 11) is 0. The Labute approximate surface area is 115 Å². The molecule has 0 radical (unpaired) electrons. The fraction of sp³-hybridized carbons (Fsp3) is 0.250. The Bertz CT molecular complexity index is 619. The van der Waals surface area contributed by atoms with Crippen LogP contribution in [0.4, 0.5) is 18.9 Å². The van der Waals surface area contributed by atoms with Crippen molar-refractivity contribution in [3.63, 3.8) is 0 Å². The van der Waals surface area contributed by atoms with Gasteiger partial charge in [0.15, 0.2) is 0 Å². The van der Waals surface area contributed by atoms with E-state index < -0.39 is 11.7 Å². The molecule has 0 amide bonds. The lowest BCUT2D eigenvalue weighted by Gasteiger charge is -2.29. The van der Waals surface area contributed by atoms with Gasteiger partial charge in [-0.05, 0) is 36.1 Å². The average molecular weight is 277 g/mol. The molecule has 1 aliphatic heterocycles. The maximum Gasteiger partial charge on any atom is 0.416 e. The molecule has 104 valence electrons. The number of rotatable bonds is 1. The number of hydrogen-bond donors (Lipinski definition) is 1. The van der Waals surface area contributed by atoms with Gasteiger partial charge in [-0.15, -0.1) is 0 Å². The molecule has 4 heteroatoms. The molecule has 1 nitrogen and oxygen atoms in total. The first-order chi connectivity index (χ1) is 9.55. The van der Waals surface area contributed by atoms with Crippen LogP contribution in [0.25, 0.3) is 0 Å². The average Bonchev–Trinajstić information content (AvgIpc) is 2.46. The van der Waals surface area contributed by atoms with E-state index in [2.05, 4.69) is 5.32 Å². The maximum absolute atomic E-state index is 13.1. The summed E-state index contributed by atoms with van der Waals surface area (Å²) in [6, 6.07) is 13.3. The van der Waals surface area contributed by atoms with Crippen LogP contribution in [0.5, 0.6) is 0 Å². The summed E-state index contributed by atoms with van der Waals surface area (Å²) in [5, 5.41) is 3.23. The fourth-order valence-corrected chi connectivity index (χ4v) is 2.73. The number of benzene rings is 2. The van der Waals surface area contributed by atoms with Crippen LogP contribution in [0.3, 0.4) is 0 Å². The molecular formula is C16H14F3N. The standard InChI is InChI=1S/C16H14F3N/c17-16(18,19)13-7-3-2-6-12(13)15-10-9-11-5-1-4-8-14(11)20-15/h1-8,15,20H,9-10H2/t15-/m1/s1. The highest BCUT2D eigenvalue weighted by Crippen LogP contribution is 2.39. The van der Waals surface area contributed by atoms with Crippen molar-refractivity contribution < 1.29 is 13.2 Å². The summed E-state index contributed by atoms with van der Waals surface area (Å²) >= 11 is 0. The molecule has 0 saturated heterocycles. The molecule has 0 unspecified atom stereocenters. The molecule has 3 rings (SSSR count). The molecule has 1 aliphatic rings. The van der Waals surface area contributed by atoms with Crippen molar-refractivity contribution in [3.05, 3.63) is 65.2 Å². The molecule has 1 heterocycles. The number of halogens is 3. The van der Waals surface area contributed by atoms with Crippen LogP contribution in [-0.2, 0) is 12.6 Å². The largest absolute Gasteiger partial charge is 0.416 e. The van der Waals surface area contributed by atoms with E-state index in [4.69, 9.17) is 0 Å². The lowest BCUT2D eigenvalue weighted by atomic mass is 9.91. The highest BCUT2D eigenvalue weighted by molar-refractivity contribution is 5.55. The Morgan fingerprint density at radius 2 is 1.65 bits per heavy atom. The Hall–Kier alpha value is -1.97. The molecule has 2 aromatic rings. The normalized spacial score (nSPS) is 18.2. The Morgan fingerprint density at radius 1 is 0.950 bits per heavy atom. The van der Waals surface area contributed by atoms with Crippen LogP contribution < -0.4 is 5.32 Å². The summed E-state index contributed by atoms with van der Waals surface area (Å²) in [4.78, 5) is 0. The van der Waals surface area contributed by atoms with E-state index in [1.54, 1.807) is 12.1 Å². The second kappa shape index (κ2) is 4.85. The second-order valence-corrected chi connectivity index (χ2v) is 4.98.